The van der Waals surface area contributed by atoms with Crippen LogP contribution in [0.25, 0.3) is 10.8 Å². The Labute approximate surface area is 188 Å². The zero-order valence-corrected chi connectivity index (χ0v) is 18.6. The number of hydrogen-bond acceptors (Lipinski definition) is 3. The molecule has 4 aromatic rings. The standard InChI is InChI=1S/C28H27NO3/c1-4-28(2,3)20-10-14-22(15-11-20)32-23-16-12-21(13-17-23)29-27(31)25-18-9-19-7-5-6-8-24(19)26(25)30/h5-18,30H,4H2,1-3H3,(H,29,31). The van der Waals surface area contributed by atoms with Crippen molar-refractivity contribution in [2.45, 2.75) is 32.6 Å². The maximum Gasteiger partial charge on any atom is 0.259 e. The van der Waals surface area contributed by atoms with Gasteiger partial charge in [0.05, 0.1) is 5.56 Å². The van der Waals surface area contributed by atoms with E-state index < -0.39 is 0 Å². The van der Waals surface area contributed by atoms with Gasteiger partial charge < -0.3 is 15.2 Å². The van der Waals surface area contributed by atoms with E-state index in [1.54, 1.807) is 36.4 Å². The fourth-order valence-corrected chi connectivity index (χ4v) is 3.56. The zero-order valence-electron chi connectivity index (χ0n) is 18.6. The smallest absolute Gasteiger partial charge is 0.259 e. The van der Waals surface area contributed by atoms with Gasteiger partial charge in [0, 0.05) is 11.1 Å². The number of benzene rings is 4. The van der Waals surface area contributed by atoms with E-state index in [0.717, 1.165) is 17.6 Å². The number of rotatable bonds is 6. The Hall–Kier alpha value is -3.79. The normalized spacial score (nSPS) is 11.3. The van der Waals surface area contributed by atoms with Gasteiger partial charge in [-0.05, 0) is 65.3 Å². The van der Waals surface area contributed by atoms with E-state index >= 15 is 0 Å². The van der Waals surface area contributed by atoms with E-state index in [0.29, 0.717) is 16.8 Å². The number of fused-ring (bicyclic) bond motifs is 1. The van der Waals surface area contributed by atoms with E-state index in [1.165, 1.54) is 5.56 Å². The van der Waals surface area contributed by atoms with Crippen molar-refractivity contribution >= 4 is 22.4 Å². The number of nitrogens with one attached hydrogen (secondary N) is 1. The average molecular weight is 426 g/mol. The summed E-state index contributed by atoms with van der Waals surface area (Å²) >= 11 is 0. The number of aromatic hydroxyl groups is 1. The summed E-state index contributed by atoms with van der Waals surface area (Å²) < 4.78 is 5.94. The summed E-state index contributed by atoms with van der Waals surface area (Å²) in [5.41, 5.74) is 2.27. The molecular formula is C28H27NO3. The van der Waals surface area contributed by atoms with Crippen LogP contribution >= 0.6 is 0 Å². The molecule has 0 radical (unpaired) electrons. The Balaban J connectivity index is 1.44. The molecule has 0 aliphatic carbocycles. The number of amides is 1. The van der Waals surface area contributed by atoms with Crippen LogP contribution in [0.3, 0.4) is 0 Å². The Kier molecular flexibility index (Phi) is 5.87. The van der Waals surface area contributed by atoms with Crippen LogP contribution < -0.4 is 10.1 Å². The minimum Gasteiger partial charge on any atom is -0.506 e. The highest BCUT2D eigenvalue weighted by atomic mass is 16.5. The molecule has 1 amide bonds. The lowest BCUT2D eigenvalue weighted by molar-refractivity contribution is 0.102. The predicted octanol–water partition coefficient (Wildman–Crippen LogP) is 7.28. The quantitative estimate of drug-likeness (QED) is 0.341. The Morgan fingerprint density at radius 1 is 0.875 bits per heavy atom. The van der Waals surface area contributed by atoms with E-state index in [2.05, 4.69) is 38.2 Å². The molecule has 0 aromatic heterocycles. The number of phenolic OH excluding ortho intramolecular Hbond substituents is 1. The third kappa shape index (κ3) is 4.45. The summed E-state index contributed by atoms with van der Waals surface area (Å²) in [6.07, 6.45) is 1.07. The number of carbonyl (C=O) groups is 1. The van der Waals surface area contributed by atoms with E-state index in [9.17, 15) is 9.90 Å². The predicted molar refractivity (Wildman–Crippen MR) is 130 cm³/mol. The highest BCUT2D eigenvalue weighted by molar-refractivity contribution is 6.09. The van der Waals surface area contributed by atoms with Crippen molar-refractivity contribution in [1.29, 1.82) is 0 Å². The summed E-state index contributed by atoms with van der Waals surface area (Å²) in [7, 11) is 0. The van der Waals surface area contributed by atoms with Gasteiger partial charge >= 0.3 is 0 Å². The first-order valence-corrected chi connectivity index (χ1v) is 10.8. The van der Waals surface area contributed by atoms with Crippen molar-refractivity contribution < 1.29 is 14.6 Å². The first-order valence-electron chi connectivity index (χ1n) is 10.8. The Bertz CT molecular complexity index is 1240. The largest absolute Gasteiger partial charge is 0.506 e. The molecule has 0 bridgehead atoms. The van der Waals surface area contributed by atoms with Crippen LogP contribution in [0.15, 0.2) is 84.9 Å². The fraction of sp³-hybridized carbons (Fsp3) is 0.179. The van der Waals surface area contributed by atoms with Crippen molar-refractivity contribution in [1.82, 2.24) is 0 Å². The van der Waals surface area contributed by atoms with Gasteiger partial charge in [0.15, 0.2) is 0 Å². The van der Waals surface area contributed by atoms with Gasteiger partial charge in [0.2, 0.25) is 0 Å². The van der Waals surface area contributed by atoms with Crippen molar-refractivity contribution in [3.05, 3.63) is 96.1 Å². The number of carbonyl (C=O) groups excluding carboxylic acids is 1. The first kappa shape index (κ1) is 21.4. The van der Waals surface area contributed by atoms with E-state index in [-0.39, 0.29) is 22.6 Å². The molecule has 0 saturated carbocycles. The van der Waals surface area contributed by atoms with Crippen molar-refractivity contribution in [3.8, 4) is 17.2 Å². The highest BCUT2D eigenvalue weighted by Gasteiger charge is 2.18. The minimum atomic E-state index is -0.365. The fourth-order valence-electron chi connectivity index (χ4n) is 3.56. The molecule has 0 saturated heterocycles. The molecule has 2 N–H and O–H groups in total. The van der Waals surface area contributed by atoms with Crippen molar-refractivity contribution in [3.63, 3.8) is 0 Å². The van der Waals surface area contributed by atoms with Crippen LogP contribution in [0.4, 0.5) is 5.69 Å². The zero-order chi connectivity index (χ0) is 22.7. The number of anilines is 1. The van der Waals surface area contributed by atoms with Gasteiger partial charge in [-0.1, -0.05) is 63.2 Å². The van der Waals surface area contributed by atoms with Crippen LogP contribution in [0.5, 0.6) is 17.2 Å². The van der Waals surface area contributed by atoms with Crippen LogP contribution in [0, 0.1) is 0 Å². The van der Waals surface area contributed by atoms with Crippen LogP contribution in [0.1, 0.15) is 43.1 Å². The van der Waals surface area contributed by atoms with Crippen LogP contribution in [-0.2, 0) is 5.41 Å². The van der Waals surface area contributed by atoms with Crippen LogP contribution in [0.2, 0.25) is 0 Å². The molecule has 4 aromatic carbocycles. The first-order chi connectivity index (χ1) is 15.4. The molecule has 0 atom stereocenters. The number of phenols is 1. The Morgan fingerprint density at radius 2 is 1.50 bits per heavy atom. The molecule has 162 valence electrons. The SMILES string of the molecule is CCC(C)(C)c1ccc(Oc2ccc(NC(=O)c3ccc4ccccc4c3O)cc2)cc1. The summed E-state index contributed by atoms with van der Waals surface area (Å²) in [6, 6.07) is 26.2. The second kappa shape index (κ2) is 8.75. The van der Waals surface area contributed by atoms with Crippen molar-refractivity contribution in [2.24, 2.45) is 0 Å². The highest BCUT2D eigenvalue weighted by Crippen LogP contribution is 2.31. The maximum atomic E-state index is 12.7. The number of ether oxygens (including phenoxy) is 1. The van der Waals surface area contributed by atoms with Gasteiger partial charge in [-0.2, -0.15) is 0 Å². The molecule has 0 aliphatic heterocycles. The van der Waals surface area contributed by atoms with Gasteiger partial charge in [0.1, 0.15) is 17.2 Å². The van der Waals surface area contributed by atoms with Gasteiger partial charge in [-0.25, -0.2) is 0 Å². The van der Waals surface area contributed by atoms with Gasteiger partial charge in [-0.3, -0.25) is 4.79 Å². The molecule has 4 nitrogen and oxygen atoms in total. The monoisotopic (exact) mass is 425 g/mol. The summed E-state index contributed by atoms with van der Waals surface area (Å²) in [5.74, 6) is 1.06. The molecule has 4 heteroatoms. The molecular weight excluding hydrogens is 398 g/mol. The van der Waals surface area contributed by atoms with Gasteiger partial charge in [-0.15, -0.1) is 0 Å². The number of hydrogen-bond donors (Lipinski definition) is 2. The van der Waals surface area contributed by atoms with Gasteiger partial charge in [0.25, 0.3) is 5.91 Å². The third-order valence-electron chi connectivity index (χ3n) is 6.01. The molecule has 0 heterocycles. The lowest BCUT2D eigenvalue weighted by Crippen LogP contribution is -2.14. The topological polar surface area (TPSA) is 58.6 Å². The lowest BCUT2D eigenvalue weighted by Gasteiger charge is -2.23. The lowest BCUT2D eigenvalue weighted by atomic mass is 9.82. The van der Waals surface area contributed by atoms with E-state index in [1.807, 2.05) is 36.4 Å². The molecule has 0 fully saturated rings. The van der Waals surface area contributed by atoms with Crippen molar-refractivity contribution in [2.75, 3.05) is 5.32 Å². The summed E-state index contributed by atoms with van der Waals surface area (Å²) in [5, 5.41) is 14.9. The maximum absolute atomic E-state index is 12.7. The average Bonchev–Trinajstić information content (AvgIpc) is 2.81. The second-order valence-electron chi connectivity index (χ2n) is 8.53. The third-order valence-corrected chi connectivity index (χ3v) is 6.01. The molecule has 0 unspecified atom stereocenters. The minimum absolute atomic E-state index is 0.0183. The van der Waals surface area contributed by atoms with E-state index in [4.69, 9.17) is 4.74 Å². The Morgan fingerprint density at radius 3 is 2.16 bits per heavy atom. The van der Waals surface area contributed by atoms with Crippen LogP contribution in [-0.4, -0.2) is 11.0 Å². The molecule has 4 rings (SSSR count). The summed E-state index contributed by atoms with van der Waals surface area (Å²) in [4.78, 5) is 12.7. The second-order valence-corrected chi connectivity index (χ2v) is 8.53. The molecule has 32 heavy (non-hydrogen) atoms. The molecule has 0 spiro atoms. The summed E-state index contributed by atoms with van der Waals surface area (Å²) in [6.45, 7) is 6.65. The molecule has 0 aliphatic rings.